The highest BCUT2D eigenvalue weighted by atomic mass is 32.2. The lowest BCUT2D eigenvalue weighted by Crippen LogP contribution is -2.30. The van der Waals surface area contributed by atoms with Gasteiger partial charge in [0.1, 0.15) is 11.5 Å². The summed E-state index contributed by atoms with van der Waals surface area (Å²) in [6.07, 6.45) is 1.27. The number of ether oxygens (including phenoxy) is 1. The molecule has 0 saturated heterocycles. The Morgan fingerprint density at radius 3 is 2.74 bits per heavy atom. The van der Waals surface area contributed by atoms with Crippen LogP contribution in [0.4, 0.5) is 0 Å². The van der Waals surface area contributed by atoms with Crippen LogP contribution in [-0.4, -0.2) is 32.9 Å². The predicted octanol–water partition coefficient (Wildman–Crippen LogP) is 0.912. The first kappa shape index (κ1) is 15.2. The zero-order valence-corrected chi connectivity index (χ0v) is 11.6. The van der Waals surface area contributed by atoms with Crippen molar-refractivity contribution in [2.75, 3.05) is 18.6 Å². The summed E-state index contributed by atoms with van der Waals surface area (Å²) in [5.41, 5.74) is 0.791. The highest BCUT2D eigenvalue weighted by molar-refractivity contribution is 7.92. The van der Waals surface area contributed by atoms with Crippen molar-refractivity contribution in [3.8, 4) is 5.75 Å². The minimum absolute atomic E-state index is 0.199. The first-order chi connectivity index (χ1) is 8.98. The lowest BCUT2D eigenvalue weighted by atomic mass is 10.2. The number of rotatable bonds is 7. The molecule has 19 heavy (non-hydrogen) atoms. The van der Waals surface area contributed by atoms with Crippen molar-refractivity contribution in [3.63, 3.8) is 0 Å². The standard InChI is InChI=1S/C13H17NO4S/c1-3-8-19(16,17)10-13(15)14-9-11-6-4-5-7-12(11)18-2/h3-7H,1,8-10H2,2H3,(H,14,15). The van der Waals surface area contributed by atoms with Crippen LogP contribution >= 0.6 is 0 Å². The second kappa shape index (κ2) is 6.94. The maximum Gasteiger partial charge on any atom is 0.235 e. The fraction of sp³-hybridized carbons (Fsp3) is 0.308. The van der Waals surface area contributed by atoms with E-state index >= 15 is 0 Å². The molecule has 0 saturated carbocycles. The Kier molecular flexibility index (Phi) is 5.57. The van der Waals surface area contributed by atoms with Crippen molar-refractivity contribution in [2.24, 2.45) is 0 Å². The Morgan fingerprint density at radius 2 is 2.11 bits per heavy atom. The number of methoxy groups -OCH3 is 1. The third-order valence-corrected chi connectivity index (χ3v) is 3.84. The van der Waals surface area contributed by atoms with Gasteiger partial charge in [-0.05, 0) is 6.07 Å². The van der Waals surface area contributed by atoms with Crippen molar-refractivity contribution in [3.05, 3.63) is 42.5 Å². The molecule has 104 valence electrons. The van der Waals surface area contributed by atoms with E-state index in [0.29, 0.717) is 5.75 Å². The van der Waals surface area contributed by atoms with Gasteiger partial charge in [-0.2, -0.15) is 0 Å². The molecule has 0 bridgehead atoms. The third-order valence-electron chi connectivity index (χ3n) is 2.39. The molecule has 1 rings (SSSR count). The summed E-state index contributed by atoms with van der Waals surface area (Å²) >= 11 is 0. The molecule has 0 aliphatic carbocycles. The molecule has 6 heteroatoms. The van der Waals surface area contributed by atoms with Gasteiger partial charge in [-0.25, -0.2) is 8.42 Å². The zero-order valence-electron chi connectivity index (χ0n) is 10.8. The molecule has 1 N–H and O–H groups in total. The maximum absolute atomic E-state index is 11.5. The van der Waals surface area contributed by atoms with E-state index in [9.17, 15) is 13.2 Å². The lowest BCUT2D eigenvalue weighted by molar-refractivity contribution is -0.118. The summed E-state index contributed by atoms with van der Waals surface area (Å²) in [5, 5.41) is 2.56. The van der Waals surface area contributed by atoms with Gasteiger partial charge in [0.05, 0.1) is 12.9 Å². The van der Waals surface area contributed by atoms with Crippen LogP contribution in [-0.2, 0) is 21.2 Å². The molecule has 0 aliphatic rings. The predicted molar refractivity (Wildman–Crippen MR) is 73.7 cm³/mol. The number of benzene rings is 1. The summed E-state index contributed by atoms with van der Waals surface area (Å²) in [7, 11) is -1.88. The molecular weight excluding hydrogens is 266 g/mol. The minimum Gasteiger partial charge on any atom is -0.496 e. The van der Waals surface area contributed by atoms with Crippen LogP contribution in [0.1, 0.15) is 5.56 Å². The minimum atomic E-state index is -3.41. The van der Waals surface area contributed by atoms with Gasteiger partial charge in [0.15, 0.2) is 9.84 Å². The topological polar surface area (TPSA) is 72.5 Å². The Labute approximate surface area is 113 Å². The molecule has 0 aliphatic heterocycles. The second-order valence-electron chi connectivity index (χ2n) is 3.93. The zero-order chi connectivity index (χ0) is 14.3. The molecule has 1 aromatic rings. The highest BCUT2D eigenvalue weighted by Crippen LogP contribution is 2.16. The Hall–Kier alpha value is -1.82. The smallest absolute Gasteiger partial charge is 0.235 e. The van der Waals surface area contributed by atoms with Gasteiger partial charge in [0, 0.05) is 12.1 Å². The molecule has 0 spiro atoms. The van der Waals surface area contributed by atoms with Gasteiger partial charge in [-0.1, -0.05) is 24.3 Å². The molecule has 1 aromatic carbocycles. The first-order valence-electron chi connectivity index (χ1n) is 5.68. The molecule has 0 fully saturated rings. The summed E-state index contributed by atoms with van der Waals surface area (Å²) < 4.78 is 28.0. The summed E-state index contributed by atoms with van der Waals surface area (Å²) in [6, 6.07) is 7.21. The van der Waals surface area contributed by atoms with Crippen molar-refractivity contribution < 1.29 is 17.9 Å². The molecule has 0 radical (unpaired) electrons. The van der Waals surface area contributed by atoms with Crippen molar-refractivity contribution in [1.82, 2.24) is 5.32 Å². The molecule has 0 unspecified atom stereocenters. The van der Waals surface area contributed by atoms with E-state index < -0.39 is 21.5 Å². The van der Waals surface area contributed by atoms with Gasteiger partial charge < -0.3 is 10.1 Å². The Morgan fingerprint density at radius 1 is 1.42 bits per heavy atom. The third kappa shape index (κ3) is 5.13. The number of para-hydroxylation sites is 1. The van der Waals surface area contributed by atoms with Gasteiger partial charge in [0.25, 0.3) is 0 Å². The summed E-state index contributed by atoms with van der Waals surface area (Å²) in [6.45, 7) is 3.57. The van der Waals surface area contributed by atoms with Crippen molar-refractivity contribution >= 4 is 15.7 Å². The monoisotopic (exact) mass is 283 g/mol. The number of hydrogen-bond donors (Lipinski definition) is 1. The normalized spacial score (nSPS) is 10.8. The summed E-state index contributed by atoms with van der Waals surface area (Å²) in [4.78, 5) is 11.5. The van der Waals surface area contributed by atoms with Crippen LogP contribution < -0.4 is 10.1 Å². The van der Waals surface area contributed by atoms with Crippen molar-refractivity contribution in [1.29, 1.82) is 0 Å². The van der Waals surface area contributed by atoms with E-state index in [2.05, 4.69) is 11.9 Å². The van der Waals surface area contributed by atoms with Gasteiger partial charge >= 0.3 is 0 Å². The van der Waals surface area contributed by atoms with Gasteiger partial charge in [-0.15, -0.1) is 6.58 Å². The molecule has 0 atom stereocenters. The second-order valence-corrected chi connectivity index (χ2v) is 6.04. The first-order valence-corrected chi connectivity index (χ1v) is 7.50. The van der Waals surface area contributed by atoms with Crippen LogP contribution in [0.2, 0.25) is 0 Å². The van der Waals surface area contributed by atoms with Gasteiger partial charge in [-0.3, -0.25) is 4.79 Å². The Bertz CT molecular complexity index is 552. The quantitative estimate of drug-likeness (QED) is 0.755. The van der Waals surface area contributed by atoms with E-state index in [-0.39, 0.29) is 12.3 Å². The van der Waals surface area contributed by atoms with E-state index in [4.69, 9.17) is 4.74 Å². The van der Waals surface area contributed by atoms with Crippen LogP contribution in [0.5, 0.6) is 5.75 Å². The van der Waals surface area contributed by atoms with Crippen LogP contribution in [0.15, 0.2) is 36.9 Å². The van der Waals surface area contributed by atoms with E-state index in [1.165, 1.54) is 13.2 Å². The maximum atomic E-state index is 11.5. The van der Waals surface area contributed by atoms with Crippen LogP contribution in [0.3, 0.4) is 0 Å². The SMILES string of the molecule is C=CCS(=O)(=O)CC(=O)NCc1ccccc1OC. The van der Waals surface area contributed by atoms with E-state index in [0.717, 1.165) is 5.56 Å². The summed E-state index contributed by atoms with van der Waals surface area (Å²) in [5.74, 6) is -0.618. The average Bonchev–Trinajstić information content (AvgIpc) is 2.36. The fourth-order valence-corrected chi connectivity index (χ4v) is 2.51. The average molecular weight is 283 g/mol. The fourth-order valence-electron chi connectivity index (χ4n) is 1.53. The molecule has 0 heterocycles. The molecular formula is C13H17NO4S. The Balaban J connectivity index is 2.57. The lowest BCUT2D eigenvalue weighted by Gasteiger charge is -2.09. The van der Waals surface area contributed by atoms with E-state index in [1.54, 1.807) is 12.1 Å². The largest absolute Gasteiger partial charge is 0.496 e. The number of hydrogen-bond acceptors (Lipinski definition) is 4. The van der Waals surface area contributed by atoms with Crippen molar-refractivity contribution in [2.45, 2.75) is 6.54 Å². The molecule has 0 aromatic heterocycles. The number of nitrogens with one attached hydrogen (secondary N) is 1. The molecule has 1 amide bonds. The molecule has 5 nitrogen and oxygen atoms in total. The van der Waals surface area contributed by atoms with Gasteiger partial charge in [0.2, 0.25) is 5.91 Å². The van der Waals surface area contributed by atoms with Crippen LogP contribution in [0.25, 0.3) is 0 Å². The number of sulfone groups is 1. The highest BCUT2D eigenvalue weighted by Gasteiger charge is 2.15. The van der Waals surface area contributed by atoms with Crippen LogP contribution in [0, 0.1) is 0 Å². The van der Waals surface area contributed by atoms with E-state index in [1.807, 2.05) is 12.1 Å². The number of amides is 1. The number of carbonyl (C=O) groups is 1. The number of carbonyl (C=O) groups excluding carboxylic acids is 1.